The Balaban J connectivity index is 1.91. The molecule has 0 saturated carbocycles. The monoisotopic (exact) mass is 265 g/mol. The van der Waals surface area contributed by atoms with Crippen LogP contribution in [0.1, 0.15) is 18.1 Å². The maximum Gasteiger partial charge on any atom is 0.0961 e. The Labute approximate surface area is 119 Å². The molecule has 0 aliphatic carbocycles. The molecular weight excluding hydrogens is 246 g/mol. The van der Waals surface area contributed by atoms with Crippen molar-refractivity contribution in [2.24, 2.45) is 0 Å². The lowest BCUT2D eigenvalue weighted by atomic mass is 10.1. The van der Waals surface area contributed by atoms with Crippen molar-refractivity contribution in [3.05, 3.63) is 66.0 Å². The van der Waals surface area contributed by atoms with Gasteiger partial charge >= 0.3 is 0 Å². The number of imidazole rings is 1. The molecule has 3 heteroatoms. The molecule has 0 amide bonds. The van der Waals surface area contributed by atoms with Gasteiger partial charge in [-0.1, -0.05) is 43.3 Å². The summed E-state index contributed by atoms with van der Waals surface area (Å²) in [6, 6.07) is 16.8. The van der Waals surface area contributed by atoms with Crippen LogP contribution < -0.4 is 5.32 Å². The van der Waals surface area contributed by atoms with E-state index in [0.717, 1.165) is 25.2 Å². The van der Waals surface area contributed by atoms with Crippen LogP contribution in [-0.4, -0.2) is 16.1 Å². The second kappa shape index (κ2) is 5.88. The molecule has 0 unspecified atom stereocenters. The number of fused-ring (bicyclic) bond motifs is 1. The lowest BCUT2D eigenvalue weighted by molar-refractivity contribution is 0.711. The number of nitrogens with zero attached hydrogens (tertiary/aromatic N) is 2. The fourth-order valence-corrected chi connectivity index (χ4v) is 2.46. The number of aromatic nitrogens is 2. The van der Waals surface area contributed by atoms with E-state index in [2.05, 4.69) is 64.3 Å². The van der Waals surface area contributed by atoms with E-state index in [9.17, 15) is 0 Å². The summed E-state index contributed by atoms with van der Waals surface area (Å²) in [6.07, 6.45) is 1.93. The fourth-order valence-electron chi connectivity index (χ4n) is 2.46. The average molecular weight is 265 g/mol. The van der Waals surface area contributed by atoms with Gasteiger partial charge in [0.05, 0.1) is 17.4 Å². The summed E-state index contributed by atoms with van der Waals surface area (Å²) in [6.45, 7) is 4.90. The van der Waals surface area contributed by atoms with E-state index >= 15 is 0 Å². The highest BCUT2D eigenvalue weighted by Gasteiger charge is 2.05. The highest BCUT2D eigenvalue weighted by Crippen LogP contribution is 2.16. The van der Waals surface area contributed by atoms with Crippen LogP contribution in [0.25, 0.3) is 11.0 Å². The molecule has 2 aromatic carbocycles. The minimum atomic E-state index is 0.863. The van der Waals surface area contributed by atoms with E-state index in [4.69, 9.17) is 0 Å². The first-order valence-electron chi connectivity index (χ1n) is 7.06. The number of hydrogen-bond donors (Lipinski definition) is 1. The van der Waals surface area contributed by atoms with Crippen molar-refractivity contribution in [2.75, 3.05) is 6.54 Å². The molecule has 0 fully saturated rings. The van der Waals surface area contributed by atoms with E-state index in [0.29, 0.717) is 0 Å². The first-order valence-corrected chi connectivity index (χ1v) is 7.06. The Hall–Kier alpha value is -2.13. The number of nitrogens with one attached hydrogen (secondary N) is 1. The molecule has 0 spiro atoms. The molecule has 0 aliphatic rings. The summed E-state index contributed by atoms with van der Waals surface area (Å²) in [5.41, 5.74) is 4.94. The Bertz CT molecular complexity index is 700. The van der Waals surface area contributed by atoms with Gasteiger partial charge in [0.1, 0.15) is 0 Å². The molecule has 1 heterocycles. The molecule has 102 valence electrons. The minimum Gasteiger partial charge on any atom is -0.326 e. The Morgan fingerprint density at radius 1 is 1.00 bits per heavy atom. The first-order chi connectivity index (χ1) is 9.88. The number of hydrogen-bond acceptors (Lipinski definition) is 2. The average Bonchev–Trinajstić information content (AvgIpc) is 2.90. The van der Waals surface area contributed by atoms with Crippen LogP contribution in [0.15, 0.2) is 54.9 Å². The molecule has 1 N–H and O–H groups in total. The predicted octanol–water partition coefficient (Wildman–Crippen LogP) is 3.19. The zero-order valence-electron chi connectivity index (χ0n) is 11.7. The van der Waals surface area contributed by atoms with Gasteiger partial charge in [-0.3, -0.25) is 0 Å². The van der Waals surface area contributed by atoms with E-state index in [1.165, 1.54) is 16.6 Å². The Morgan fingerprint density at radius 3 is 2.60 bits per heavy atom. The first kappa shape index (κ1) is 12.9. The standard InChI is InChI=1S/C17H19N3/c1-2-18-11-14-7-3-4-8-15(14)12-20-13-19-16-9-5-6-10-17(16)20/h3-10,13,18H,2,11-12H2,1H3. The van der Waals surface area contributed by atoms with Gasteiger partial charge in [0, 0.05) is 13.1 Å². The van der Waals surface area contributed by atoms with E-state index in [1.54, 1.807) is 0 Å². The quantitative estimate of drug-likeness (QED) is 0.768. The zero-order chi connectivity index (χ0) is 13.8. The van der Waals surface area contributed by atoms with Gasteiger partial charge < -0.3 is 9.88 Å². The van der Waals surface area contributed by atoms with E-state index in [-0.39, 0.29) is 0 Å². The van der Waals surface area contributed by atoms with Crippen molar-refractivity contribution in [1.82, 2.24) is 14.9 Å². The van der Waals surface area contributed by atoms with Gasteiger partial charge in [-0.25, -0.2) is 4.98 Å². The van der Waals surface area contributed by atoms with E-state index in [1.807, 2.05) is 12.4 Å². The molecule has 3 aromatic rings. The zero-order valence-corrected chi connectivity index (χ0v) is 11.7. The maximum atomic E-state index is 4.45. The molecule has 3 nitrogen and oxygen atoms in total. The minimum absolute atomic E-state index is 0.863. The van der Waals surface area contributed by atoms with Crippen molar-refractivity contribution < 1.29 is 0 Å². The van der Waals surface area contributed by atoms with E-state index < -0.39 is 0 Å². The topological polar surface area (TPSA) is 29.9 Å². The predicted molar refractivity (Wildman–Crippen MR) is 82.7 cm³/mol. The number of benzene rings is 2. The summed E-state index contributed by atoms with van der Waals surface area (Å²) >= 11 is 0. The summed E-state index contributed by atoms with van der Waals surface area (Å²) in [5.74, 6) is 0. The second-order valence-corrected chi connectivity index (χ2v) is 4.91. The van der Waals surface area contributed by atoms with Crippen LogP contribution in [0.3, 0.4) is 0 Å². The molecule has 20 heavy (non-hydrogen) atoms. The summed E-state index contributed by atoms with van der Waals surface area (Å²) < 4.78 is 2.21. The Morgan fingerprint density at radius 2 is 1.75 bits per heavy atom. The Kier molecular flexibility index (Phi) is 3.79. The summed E-state index contributed by atoms with van der Waals surface area (Å²) in [5, 5.41) is 3.40. The van der Waals surface area contributed by atoms with Crippen molar-refractivity contribution in [1.29, 1.82) is 0 Å². The largest absolute Gasteiger partial charge is 0.326 e. The van der Waals surface area contributed by atoms with Gasteiger partial charge in [0.25, 0.3) is 0 Å². The van der Waals surface area contributed by atoms with Crippen molar-refractivity contribution in [2.45, 2.75) is 20.0 Å². The third kappa shape index (κ3) is 2.58. The van der Waals surface area contributed by atoms with Gasteiger partial charge in [0.15, 0.2) is 0 Å². The van der Waals surface area contributed by atoms with Gasteiger partial charge in [-0.2, -0.15) is 0 Å². The van der Waals surface area contributed by atoms with Crippen LogP contribution in [0.2, 0.25) is 0 Å². The molecule has 0 saturated heterocycles. The summed E-state index contributed by atoms with van der Waals surface area (Å²) in [7, 11) is 0. The summed E-state index contributed by atoms with van der Waals surface area (Å²) in [4.78, 5) is 4.45. The molecule has 1 aromatic heterocycles. The van der Waals surface area contributed by atoms with Crippen LogP contribution in [0.5, 0.6) is 0 Å². The normalized spacial score (nSPS) is 11.1. The smallest absolute Gasteiger partial charge is 0.0961 e. The van der Waals surface area contributed by atoms with Crippen molar-refractivity contribution in [3.8, 4) is 0 Å². The lowest BCUT2D eigenvalue weighted by Gasteiger charge is -2.11. The molecule has 0 aliphatic heterocycles. The van der Waals surface area contributed by atoms with Crippen LogP contribution >= 0.6 is 0 Å². The highest BCUT2D eigenvalue weighted by atomic mass is 15.0. The highest BCUT2D eigenvalue weighted by molar-refractivity contribution is 5.75. The van der Waals surface area contributed by atoms with Crippen LogP contribution in [-0.2, 0) is 13.1 Å². The maximum absolute atomic E-state index is 4.45. The third-order valence-electron chi connectivity index (χ3n) is 3.55. The number of rotatable bonds is 5. The molecule has 0 radical (unpaired) electrons. The molecule has 0 atom stereocenters. The lowest BCUT2D eigenvalue weighted by Crippen LogP contribution is -2.14. The molecule has 0 bridgehead atoms. The van der Waals surface area contributed by atoms with Crippen LogP contribution in [0.4, 0.5) is 0 Å². The fraction of sp³-hybridized carbons (Fsp3) is 0.235. The molecular formula is C17H19N3. The van der Waals surface area contributed by atoms with Crippen LogP contribution in [0, 0.1) is 0 Å². The third-order valence-corrected chi connectivity index (χ3v) is 3.55. The van der Waals surface area contributed by atoms with Crippen molar-refractivity contribution in [3.63, 3.8) is 0 Å². The number of para-hydroxylation sites is 2. The van der Waals surface area contributed by atoms with Gasteiger partial charge in [-0.05, 0) is 29.8 Å². The SMILES string of the molecule is CCNCc1ccccc1Cn1cnc2ccccc21. The molecule has 3 rings (SSSR count). The van der Waals surface area contributed by atoms with Gasteiger partial charge in [-0.15, -0.1) is 0 Å². The van der Waals surface area contributed by atoms with Crippen molar-refractivity contribution >= 4 is 11.0 Å². The van der Waals surface area contributed by atoms with Gasteiger partial charge in [0.2, 0.25) is 0 Å². The second-order valence-electron chi connectivity index (χ2n) is 4.91.